The maximum Gasteiger partial charge on any atom is 0.326 e. The third-order valence-electron chi connectivity index (χ3n) is 5.85. The van der Waals surface area contributed by atoms with Gasteiger partial charge in [0, 0.05) is 21.2 Å². The number of nitrogens with zero attached hydrogens (tertiary/aromatic N) is 1. The van der Waals surface area contributed by atoms with Gasteiger partial charge >= 0.3 is 6.03 Å². The molecule has 2 aromatic heterocycles. The number of hydrogen-bond acceptors (Lipinski definition) is 6. The first-order chi connectivity index (χ1) is 19.2. The number of aromatic nitrogens is 1. The molecule has 0 aliphatic rings. The van der Waals surface area contributed by atoms with Crippen LogP contribution in [0.5, 0.6) is 0 Å². The molecule has 2 N–H and O–H groups in total. The number of benzene rings is 3. The zero-order valence-electron chi connectivity index (χ0n) is 20.3. The number of imide groups is 1. The minimum absolute atomic E-state index is 0.0707. The lowest BCUT2D eigenvalue weighted by atomic mass is 9.98. The maximum absolute atomic E-state index is 13.7. The number of rotatable bonds is 6. The molecule has 3 aromatic carbocycles. The van der Waals surface area contributed by atoms with Gasteiger partial charge in [-0.05, 0) is 42.0 Å². The molecular formula is C28H18Cl3N3O5S. The molecule has 0 bridgehead atoms. The van der Waals surface area contributed by atoms with Crippen molar-refractivity contribution in [2.45, 2.75) is 9.99 Å². The molecule has 202 valence electrons. The second-order valence-electron chi connectivity index (χ2n) is 8.44. The van der Waals surface area contributed by atoms with Gasteiger partial charge in [-0.2, -0.15) is 0 Å². The summed E-state index contributed by atoms with van der Waals surface area (Å²) >= 11 is 18.1. The Morgan fingerprint density at radius 1 is 0.875 bits per heavy atom. The number of amides is 3. The van der Waals surface area contributed by atoms with Crippen molar-refractivity contribution in [2.24, 2.45) is 0 Å². The molecule has 0 atom stereocenters. The molecule has 0 spiro atoms. The van der Waals surface area contributed by atoms with Gasteiger partial charge < -0.3 is 9.73 Å². The van der Waals surface area contributed by atoms with Gasteiger partial charge in [0.2, 0.25) is 26.6 Å². The molecule has 0 fully saturated rings. The zero-order valence-corrected chi connectivity index (χ0v) is 23.4. The lowest BCUT2D eigenvalue weighted by Crippen LogP contribution is -2.35. The Bertz CT molecular complexity index is 1860. The van der Waals surface area contributed by atoms with Gasteiger partial charge in [-0.15, -0.1) is 11.6 Å². The number of carbonyl (C=O) groups is 2. The average Bonchev–Trinajstić information content (AvgIpc) is 3.31. The van der Waals surface area contributed by atoms with Gasteiger partial charge in [0.05, 0.1) is 16.0 Å². The molecule has 3 amide bonds. The van der Waals surface area contributed by atoms with E-state index in [0.29, 0.717) is 32.4 Å². The van der Waals surface area contributed by atoms with E-state index in [4.69, 9.17) is 39.2 Å². The van der Waals surface area contributed by atoms with E-state index in [-0.39, 0.29) is 21.7 Å². The predicted molar refractivity (Wildman–Crippen MR) is 155 cm³/mol. The molecule has 0 unspecified atom stereocenters. The SMILES string of the molecule is O=C(CCl)NC(=O)Nc1c(S(=O)(=O)c2ccccc2)oc2nc(-c3ccccc3Cl)c(-c3ccc(Cl)cc3)cc12. The Kier molecular flexibility index (Phi) is 7.82. The van der Waals surface area contributed by atoms with E-state index >= 15 is 0 Å². The van der Waals surface area contributed by atoms with Crippen molar-refractivity contribution < 1.29 is 22.4 Å². The van der Waals surface area contributed by atoms with Crippen LogP contribution >= 0.6 is 34.8 Å². The van der Waals surface area contributed by atoms with Crippen molar-refractivity contribution in [3.63, 3.8) is 0 Å². The third-order valence-corrected chi connectivity index (χ3v) is 8.34. The van der Waals surface area contributed by atoms with E-state index in [0.717, 1.165) is 0 Å². The smallest absolute Gasteiger partial charge is 0.326 e. The fraction of sp³-hybridized carbons (Fsp3) is 0.0357. The van der Waals surface area contributed by atoms with Crippen molar-refractivity contribution in [2.75, 3.05) is 11.2 Å². The van der Waals surface area contributed by atoms with Crippen LogP contribution in [0.15, 0.2) is 99.3 Å². The number of alkyl halides is 1. The van der Waals surface area contributed by atoms with Crippen LogP contribution in [0.25, 0.3) is 33.5 Å². The molecule has 40 heavy (non-hydrogen) atoms. The predicted octanol–water partition coefficient (Wildman–Crippen LogP) is 7.19. The maximum atomic E-state index is 13.7. The summed E-state index contributed by atoms with van der Waals surface area (Å²) in [6.45, 7) is 0. The second kappa shape index (κ2) is 11.3. The standard InChI is InChI=1S/C28H18Cl3N3O5S/c29-15-23(35)32-28(36)34-25-21-14-20(16-10-12-17(30)13-11-16)24(19-8-4-5-9-22(19)31)33-26(21)39-27(25)40(37,38)18-6-2-1-3-7-18/h1-14H,15H2,(H2,32,34,35,36). The molecule has 0 saturated heterocycles. The summed E-state index contributed by atoms with van der Waals surface area (Å²) < 4.78 is 33.2. The van der Waals surface area contributed by atoms with Crippen LogP contribution < -0.4 is 10.6 Å². The highest BCUT2D eigenvalue weighted by molar-refractivity contribution is 7.91. The lowest BCUT2D eigenvalue weighted by molar-refractivity contribution is -0.117. The van der Waals surface area contributed by atoms with Crippen LogP contribution in [0.4, 0.5) is 10.5 Å². The molecule has 0 aliphatic heterocycles. The summed E-state index contributed by atoms with van der Waals surface area (Å²) in [5.41, 5.74) is 1.94. The van der Waals surface area contributed by atoms with Gasteiger partial charge in [0.25, 0.3) is 0 Å². The van der Waals surface area contributed by atoms with E-state index in [2.05, 4.69) is 10.3 Å². The number of fused-ring (bicyclic) bond motifs is 1. The fourth-order valence-corrected chi connectivity index (χ4v) is 5.80. The molecule has 8 nitrogen and oxygen atoms in total. The number of pyridine rings is 1. The zero-order chi connectivity index (χ0) is 28.4. The largest absolute Gasteiger partial charge is 0.424 e. The van der Waals surface area contributed by atoms with Crippen LogP contribution in [0.3, 0.4) is 0 Å². The molecular weight excluding hydrogens is 597 g/mol. The highest BCUT2D eigenvalue weighted by Gasteiger charge is 2.31. The van der Waals surface area contributed by atoms with E-state index < -0.39 is 32.7 Å². The molecule has 0 radical (unpaired) electrons. The van der Waals surface area contributed by atoms with Gasteiger partial charge in [0.1, 0.15) is 11.6 Å². The number of nitrogens with one attached hydrogen (secondary N) is 2. The third kappa shape index (κ3) is 5.41. The van der Waals surface area contributed by atoms with Crippen molar-refractivity contribution in [1.29, 1.82) is 0 Å². The monoisotopic (exact) mass is 613 g/mol. The Balaban J connectivity index is 1.81. The number of furan rings is 1. The number of hydrogen-bond donors (Lipinski definition) is 2. The van der Waals surface area contributed by atoms with Crippen LogP contribution in [0.1, 0.15) is 0 Å². The fourth-order valence-electron chi connectivity index (χ4n) is 4.03. The normalized spacial score (nSPS) is 11.4. The summed E-state index contributed by atoms with van der Waals surface area (Å²) in [4.78, 5) is 29.0. The van der Waals surface area contributed by atoms with Crippen molar-refractivity contribution in [3.05, 3.63) is 95.0 Å². The van der Waals surface area contributed by atoms with Crippen molar-refractivity contribution in [1.82, 2.24) is 10.3 Å². The molecule has 0 aliphatic carbocycles. The number of sulfone groups is 1. The summed E-state index contributed by atoms with van der Waals surface area (Å²) in [6, 6.07) is 22.2. The van der Waals surface area contributed by atoms with Gasteiger partial charge in [-0.1, -0.05) is 71.7 Å². The summed E-state index contributed by atoms with van der Waals surface area (Å²) in [6.07, 6.45) is 0. The Morgan fingerprint density at radius 3 is 2.23 bits per heavy atom. The summed E-state index contributed by atoms with van der Waals surface area (Å²) in [5.74, 6) is -1.25. The quantitative estimate of drug-likeness (QED) is 0.196. The lowest BCUT2D eigenvalue weighted by Gasteiger charge is -2.12. The van der Waals surface area contributed by atoms with Crippen LogP contribution in [-0.2, 0) is 14.6 Å². The highest BCUT2D eigenvalue weighted by Crippen LogP contribution is 2.42. The van der Waals surface area contributed by atoms with Crippen LogP contribution in [0, 0.1) is 0 Å². The summed E-state index contributed by atoms with van der Waals surface area (Å²) in [7, 11) is -4.28. The van der Waals surface area contributed by atoms with Crippen LogP contribution in [0.2, 0.25) is 10.0 Å². The summed E-state index contributed by atoms with van der Waals surface area (Å²) in [5, 5.41) is 5.01. The Morgan fingerprint density at radius 2 is 1.55 bits per heavy atom. The van der Waals surface area contributed by atoms with Gasteiger partial charge in [-0.3, -0.25) is 10.1 Å². The van der Waals surface area contributed by atoms with E-state index in [1.807, 2.05) is 5.32 Å². The van der Waals surface area contributed by atoms with Gasteiger partial charge in [-0.25, -0.2) is 18.2 Å². The van der Waals surface area contributed by atoms with E-state index in [9.17, 15) is 18.0 Å². The Labute approximate surface area is 243 Å². The van der Waals surface area contributed by atoms with Crippen molar-refractivity contribution in [3.8, 4) is 22.4 Å². The molecule has 5 rings (SSSR count). The topological polar surface area (TPSA) is 118 Å². The second-order valence-corrected chi connectivity index (χ2v) is 11.4. The molecule has 2 heterocycles. The average molecular weight is 615 g/mol. The number of anilines is 1. The first kappa shape index (κ1) is 27.7. The van der Waals surface area contributed by atoms with E-state index in [1.165, 1.54) is 12.1 Å². The minimum Gasteiger partial charge on any atom is -0.424 e. The van der Waals surface area contributed by atoms with Crippen molar-refractivity contribution >= 4 is 73.4 Å². The molecule has 5 aromatic rings. The van der Waals surface area contributed by atoms with Crippen LogP contribution in [-0.4, -0.2) is 31.2 Å². The number of halogens is 3. The minimum atomic E-state index is -4.28. The number of carbonyl (C=O) groups excluding carboxylic acids is 2. The van der Waals surface area contributed by atoms with E-state index in [1.54, 1.807) is 72.8 Å². The van der Waals surface area contributed by atoms with Gasteiger partial charge in [0.15, 0.2) is 0 Å². The molecule has 0 saturated carbocycles. The molecule has 12 heteroatoms. The first-order valence-corrected chi connectivity index (χ1v) is 14.4. The highest BCUT2D eigenvalue weighted by atomic mass is 35.5. The number of urea groups is 1. The first-order valence-electron chi connectivity index (χ1n) is 11.6. The Hall–Kier alpha value is -3.89.